The molecule has 1 heterocycles. The third-order valence-corrected chi connectivity index (χ3v) is 4.77. The van der Waals surface area contributed by atoms with Crippen LogP contribution in [0.25, 0.3) is 0 Å². The van der Waals surface area contributed by atoms with E-state index in [0.717, 1.165) is 22.6 Å². The predicted molar refractivity (Wildman–Crippen MR) is 81.1 cm³/mol. The molecule has 1 aliphatic rings. The molecule has 0 radical (unpaired) electrons. The van der Waals surface area contributed by atoms with E-state index >= 15 is 0 Å². The Morgan fingerprint density at radius 1 is 1.24 bits per heavy atom. The molecule has 5 heteroatoms. The van der Waals surface area contributed by atoms with Gasteiger partial charge in [-0.25, -0.2) is 4.39 Å². The number of benzene rings is 2. The molecule has 1 aliphatic heterocycles. The maximum absolute atomic E-state index is 13.4. The van der Waals surface area contributed by atoms with E-state index in [0.29, 0.717) is 12.1 Å². The van der Waals surface area contributed by atoms with Gasteiger partial charge in [-0.05, 0) is 42.0 Å². The number of hydrogen-bond acceptors (Lipinski definition) is 4. The van der Waals surface area contributed by atoms with Gasteiger partial charge in [0.05, 0.1) is 0 Å². The molecule has 0 aliphatic carbocycles. The number of nitrogens with one attached hydrogen (secondary N) is 1. The van der Waals surface area contributed by atoms with Crippen LogP contribution in [0.15, 0.2) is 41.3 Å². The largest absolute Gasteiger partial charge is 0.504 e. The van der Waals surface area contributed by atoms with Gasteiger partial charge in [0.2, 0.25) is 0 Å². The van der Waals surface area contributed by atoms with Crippen LogP contribution in [-0.2, 0) is 6.54 Å². The standard InChI is InChI=1S/C16H16FNO2S/c17-11-4-5-15-12(8-11)13(6-7-21-15)18-9-10-2-1-3-14(19)16(10)20/h1-5,8,13,18-20H,6-7,9H2. The smallest absolute Gasteiger partial charge is 0.161 e. The van der Waals surface area contributed by atoms with Crippen molar-refractivity contribution in [2.45, 2.75) is 23.9 Å². The molecule has 0 amide bonds. The third-order valence-electron chi connectivity index (χ3n) is 3.65. The van der Waals surface area contributed by atoms with Crippen LogP contribution in [0.3, 0.4) is 0 Å². The normalized spacial score (nSPS) is 17.5. The Kier molecular flexibility index (Phi) is 4.03. The highest BCUT2D eigenvalue weighted by atomic mass is 32.2. The summed E-state index contributed by atoms with van der Waals surface area (Å²) in [6.07, 6.45) is 0.903. The second kappa shape index (κ2) is 5.95. The van der Waals surface area contributed by atoms with Gasteiger partial charge in [0, 0.05) is 23.0 Å². The highest BCUT2D eigenvalue weighted by Gasteiger charge is 2.21. The molecule has 3 N–H and O–H groups in total. The van der Waals surface area contributed by atoms with Gasteiger partial charge in [0.25, 0.3) is 0 Å². The van der Waals surface area contributed by atoms with Crippen LogP contribution < -0.4 is 5.32 Å². The summed E-state index contributed by atoms with van der Waals surface area (Å²) in [5.41, 5.74) is 1.59. The molecule has 0 fully saturated rings. The van der Waals surface area contributed by atoms with Gasteiger partial charge in [-0.2, -0.15) is 0 Å². The van der Waals surface area contributed by atoms with Crippen molar-refractivity contribution in [1.29, 1.82) is 0 Å². The maximum atomic E-state index is 13.4. The highest BCUT2D eigenvalue weighted by molar-refractivity contribution is 7.99. The van der Waals surface area contributed by atoms with Gasteiger partial charge >= 0.3 is 0 Å². The molecule has 2 aromatic rings. The van der Waals surface area contributed by atoms with E-state index in [1.54, 1.807) is 30.0 Å². The van der Waals surface area contributed by atoms with Gasteiger partial charge in [0.1, 0.15) is 5.82 Å². The van der Waals surface area contributed by atoms with E-state index in [1.807, 2.05) is 6.07 Å². The zero-order chi connectivity index (χ0) is 14.8. The Hall–Kier alpha value is -1.72. The Labute approximate surface area is 126 Å². The first-order valence-electron chi connectivity index (χ1n) is 6.80. The second-order valence-corrected chi connectivity index (χ2v) is 6.17. The first kappa shape index (κ1) is 14.2. The lowest BCUT2D eigenvalue weighted by Gasteiger charge is -2.26. The van der Waals surface area contributed by atoms with Crippen LogP contribution in [-0.4, -0.2) is 16.0 Å². The van der Waals surface area contributed by atoms with E-state index in [1.165, 1.54) is 12.1 Å². The highest BCUT2D eigenvalue weighted by Crippen LogP contribution is 2.37. The lowest BCUT2D eigenvalue weighted by molar-refractivity contribution is 0.395. The fraction of sp³-hybridized carbons (Fsp3) is 0.250. The summed E-state index contributed by atoms with van der Waals surface area (Å²) < 4.78 is 13.4. The van der Waals surface area contributed by atoms with Crippen molar-refractivity contribution in [3.8, 4) is 11.5 Å². The minimum atomic E-state index is -0.233. The van der Waals surface area contributed by atoms with Crippen molar-refractivity contribution in [2.24, 2.45) is 0 Å². The van der Waals surface area contributed by atoms with Crippen molar-refractivity contribution in [3.05, 3.63) is 53.3 Å². The first-order valence-corrected chi connectivity index (χ1v) is 7.79. The molecule has 0 aromatic heterocycles. The lowest BCUT2D eigenvalue weighted by atomic mass is 10.0. The molecule has 2 aromatic carbocycles. The number of hydrogen-bond donors (Lipinski definition) is 3. The van der Waals surface area contributed by atoms with E-state index in [-0.39, 0.29) is 23.4 Å². The number of rotatable bonds is 3. The monoisotopic (exact) mass is 305 g/mol. The zero-order valence-corrected chi connectivity index (χ0v) is 12.2. The zero-order valence-electron chi connectivity index (χ0n) is 11.3. The van der Waals surface area contributed by atoms with Crippen LogP contribution >= 0.6 is 11.8 Å². The van der Waals surface area contributed by atoms with Crippen molar-refractivity contribution in [1.82, 2.24) is 5.32 Å². The molecule has 0 saturated heterocycles. The quantitative estimate of drug-likeness (QED) is 0.759. The number of fused-ring (bicyclic) bond motifs is 1. The van der Waals surface area contributed by atoms with E-state index < -0.39 is 0 Å². The number of halogens is 1. The van der Waals surface area contributed by atoms with Crippen LogP contribution in [0.2, 0.25) is 0 Å². The van der Waals surface area contributed by atoms with Gasteiger partial charge in [0.15, 0.2) is 11.5 Å². The Morgan fingerprint density at radius 2 is 2.10 bits per heavy atom. The molecule has 0 bridgehead atoms. The second-order valence-electron chi connectivity index (χ2n) is 5.04. The van der Waals surface area contributed by atoms with E-state index in [4.69, 9.17) is 0 Å². The van der Waals surface area contributed by atoms with Crippen molar-refractivity contribution in [2.75, 3.05) is 5.75 Å². The summed E-state index contributed by atoms with van der Waals surface area (Å²) in [7, 11) is 0. The fourth-order valence-electron chi connectivity index (χ4n) is 2.53. The van der Waals surface area contributed by atoms with E-state index in [2.05, 4.69) is 5.32 Å². The van der Waals surface area contributed by atoms with Crippen molar-refractivity contribution in [3.63, 3.8) is 0 Å². The van der Waals surface area contributed by atoms with Gasteiger partial charge in [-0.1, -0.05) is 12.1 Å². The summed E-state index contributed by atoms with van der Waals surface area (Å²) in [6, 6.07) is 9.81. The maximum Gasteiger partial charge on any atom is 0.161 e. The number of phenols is 2. The van der Waals surface area contributed by atoms with Gasteiger partial charge in [-0.15, -0.1) is 11.8 Å². The molecule has 21 heavy (non-hydrogen) atoms. The summed E-state index contributed by atoms with van der Waals surface area (Å²) in [5.74, 6) is 0.514. The van der Waals surface area contributed by atoms with Crippen LogP contribution in [0, 0.1) is 5.82 Å². The Morgan fingerprint density at radius 3 is 2.95 bits per heavy atom. The minimum absolute atomic E-state index is 0.0544. The molecule has 0 saturated carbocycles. The average molecular weight is 305 g/mol. The number of phenolic OH excluding ortho intramolecular Hbond substituents is 2. The molecule has 1 atom stereocenters. The number of thioether (sulfide) groups is 1. The summed E-state index contributed by atoms with van der Waals surface area (Å²) in [6.45, 7) is 0.422. The fourth-order valence-corrected chi connectivity index (χ4v) is 3.64. The SMILES string of the molecule is Oc1cccc(CNC2CCSc3ccc(F)cc32)c1O. The summed E-state index contributed by atoms with van der Waals surface area (Å²) >= 11 is 1.73. The van der Waals surface area contributed by atoms with Crippen LogP contribution in [0.5, 0.6) is 11.5 Å². The molecule has 3 nitrogen and oxygen atoms in total. The summed E-state index contributed by atoms with van der Waals surface area (Å²) in [5, 5.41) is 22.7. The molecule has 110 valence electrons. The van der Waals surface area contributed by atoms with Crippen molar-refractivity contribution < 1.29 is 14.6 Å². The van der Waals surface area contributed by atoms with Crippen LogP contribution in [0.4, 0.5) is 4.39 Å². The lowest BCUT2D eigenvalue weighted by Crippen LogP contribution is -2.24. The molecular formula is C16H16FNO2S. The van der Waals surface area contributed by atoms with Gasteiger partial charge in [-0.3, -0.25) is 0 Å². The van der Waals surface area contributed by atoms with Crippen molar-refractivity contribution >= 4 is 11.8 Å². The summed E-state index contributed by atoms with van der Waals surface area (Å²) in [4.78, 5) is 1.10. The first-order chi connectivity index (χ1) is 10.1. The van der Waals surface area contributed by atoms with E-state index in [9.17, 15) is 14.6 Å². The van der Waals surface area contributed by atoms with Gasteiger partial charge < -0.3 is 15.5 Å². The third kappa shape index (κ3) is 2.99. The predicted octanol–water partition coefficient (Wildman–Crippen LogP) is 3.56. The Bertz CT molecular complexity index is 663. The number of para-hydroxylation sites is 1. The average Bonchev–Trinajstić information content (AvgIpc) is 2.49. The molecule has 0 spiro atoms. The number of aromatic hydroxyl groups is 2. The Balaban J connectivity index is 1.78. The molecule has 3 rings (SSSR count). The topological polar surface area (TPSA) is 52.5 Å². The molecular weight excluding hydrogens is 289 g/mol. The van der Waals surface area contributed by atoms with Crippen LogP contribution in [0.1, 0.15) is 23.6 Å². The molecule has 1 unspecified atom stereocenters. The minimum Gasteiger partial charge on any atom is -0.504 e.